The summed E-state index contributed by atoms with van der Waals surface area (Å²) in [4.78, 5) is 2.54. The highest BCUT2D eigenvalue weighted by Gasteiger charge is 2.07. The van der Waals surface area contributed by atoms with E-state index in [1.165, 1.54) is 52.9 Å². The molecule has 3 rings (SSSR count). The average Bonchev–Trinajstić information content (AvgIpc) is 2.60. The molecule has 2 heteroatoms. The van der Waals surface area contributed by atoms with Crippen LogP contribution in [-0.2, 0) is 0 Å². The van der Waals surface area contributed by atoms with Gasteiger partial charge in [0.15, 0.2) is 0 Å². The molecule has 0 aliphatic rings. The van der Waals surface area contributed by atoms with Crippen LogP contribution in [0.4, 0.5) is 11.4 Å². The van der Waals surface area contributed by atoms with Gasteiger partial charge in [-0.25, -0.2) is 0 Å². The van der Waals surface area contributed by atoms with E-state index in [2.05, 4.69) is 61.2 Å². The topological polar surface area (TPSA) is 29.3 Å². The van der Waals surface area contributed by atoms with Gasteiger partial charge >= 0.3 is 0 Å². The van der Waals surface area contributed by atoms with E-state index in [4.69, 9.17) is 5.73 Å². The zero-order valence-electron chi connectivity index (χ0n) is 14.9. The Hall–Kier alpha value is -2.22. The molecule has 0 spiro atoms. The lowest BCUT2D eigenvalue weighted by molar-refractivity contribution is 0.678. The summed E-state index contributed by atoms with van der Waals surface area (Å²) in [6, 6.07) is 17.5. The maximum atomic E-state index is 5.92. The molecule has 0 aromatic heterocycles. The number of hydrogen-bond acceptors (Lipinski definition) is 2. The van der Waals surface area contributed by atoms with Gasteiger partial charge in [-0.15, -0.1) is 0 Å². The Labute approximate surface area is 145 Å². The Bertz CT molecular complexity index is 815. The number of fused-ring (bicyclic) bond motifs is 2. The Kier molecular flexibility index (Phi) is 5.24. The van der Waals surface area contributed by atoms with Gasteiger partial charge in [0.25, 0.3) is 0 Å². The summed E-state index contributed by atoms with van der Waals surface area (Å²) in [5.74, 6) is 0. The number of hydrogen-bond donors (Lipinski definition) is 1. The minimum atomic E-state index is 0.823. The minimum absolute atomic E-state index is 0.823. The van der Waals surface area contributed by atoms with Gasteiger partial charge in [0.1, 0.15) is 0 Å². The first-order chi connectivity index (χ1) is 11.7. The Morgan fingerprint density at radius 3 is 1.92 bits per heavy atom. The van der Waals surface area contributed by atoms with Crippen molar-refractivity contribution in [3.8, 4) is 0 Å². The third kappa shape index (κ3) is 3.64. The Balaban J connectivity index is 1.98. The first-order valence-electron chi connectivity index (χ1n) is 9.19. The number of unbranched alkanes of at least 4 members (excludes halogenated alkanes) is 2. The fraction of sp³-hybridized carbons (Fsp3) is 0.364. The van der Waals surface area contributed by atoms with Crippen molar-refractivity contribution in [2.45, 2.75) is 39.5 Å². The summed E-state index contributed by atoms with van der Waals surface area (Å²) in [5.41, 5.74) is 8.09. The molecule has 0 aliphatic carbocycles. The number of nitrogen functional groups attached to an aromatic ring is 1. The van der Waals surface area contributed by atoms with Crippen molar-refractivity contribution in [2.24, 2.45) is 0 Å². The molecule has 3 aromatic rings. The van der Waals surface area contributed by atoms with Gasteiger partial charge in [-0.3, -0.25) is 0 Å². The van der Waals surface area contributed by atoms with Crippen molar-refractivity contribution in [3.05, 3.63) is 48.5 Å². The van der Waals surface area contributed by atoms with E-state index < -0.39 is 0 Å². The van der Waals surface area contributed by atoms with Crippen LogP contribution in [0.15, 0.2) is 48.5 Å². The molecule has 0 saturated carbocycles. The van der Waals surface area contributed by atoms with Gasteiger partial charge in [-0.05, 0) is 70.8 Å². The predicted octanol–water partition coefficient (Wildman–Crippen LogP) is 5.98. The van der Waals surface area contributed by atoms with Crippen LogP contribution < -0.4 is 10.6 Å². The first kappa shape index (κ1) is 16.6. The van der Waals surface area contributed by atoms with Gasteiger partial charge < -0.3 is 10.6 Å². The lowest BCUT2D eigenvalue weighted by Crippen LogP contribution is -2.25. The molecule has 2 nitrogen and oxygen atoms in total. The van der Waals surface area contributed by atoms with E-state index in [-0.39, 0.29) is 0 Å². The maximum Gasteiger partial charge on any atom is 0.0372 e. The van der Waals surface area contributed by atoms with Crippen molar-refractivity contribution < 1.29 is 0 Å². The third-order valence-corrected chi connectivity index (χ3v) is 4.73. The highest BCUT2D eigenvalue weighted by molar-refractivity contribution is 6.00. The van der Waals surface area contributed by atoms with Crippen LogP contribution in [0.3, 0.4) is 0 Å². The van der Waals surface area contributed by atoms with E-state index in [1.807, 2.05) is 6.07 Å². The lowest BCUT2D eigenvalue weighted by Gasteiger charge is -2.25. The number of rotatable bonds is 7. The lowest BCUT2D eigenvalue weighted by atomic mass is 10.0. The molecule has 0 saturated heterocycles. The van der Waals surface area contributed by atoms with E-state index in [9.17, 15) is 0 Å². The zero-order valence-corrected chi connectivity index (χ0v) is 14.9. The van der Waals surface area contributed by atoms with Crippen LogP contribution in [0.2, 0.25) is 0 Å². The van der Waals surface area contributed by atoms with Crippen molar-refractivity contribution in [3.63, 3.8) is 0 Å². The van der Waals surface area contributed by atoms with Crippen molar-refractivity contribution in [1.29, 1.82) is 0 Å². The Morgan fingerprint density at radius 1 is 0.708 bits per heavy atom. The summed E-state index contributed by atoms with van der Waals surface area (Å²) in [6.07, 6.45) is 4.97. The summed E-state index contributed by atoms with van der Waals surface area (Å²) in [7, 11) is 0. The molecule has 24 heavy (non-hydrogen) atoms. The molecule has 0 bridgehead atoms. The zero-order chi connectivity index (χ0) is 16.9. The SMILES string of the molecule is CCCCN(CCCC)c1ccc2cc3cc(N)ccc3cc2c1. The second-order valence-electron chi connectivity index (χ2n) is 6.68. The second-order valence-corrected chi connectivity index (χ2v) is 6.68. The number of nitrogens with two attached hydrogens (primary N) is 1. The van der Waals surface area contributed by atoms with Crippen LogP contribution in [0, 0.1) is 0 Å². The molecule has 2 N–H and O–H groups in total. The molecule has 0 atom stereocenters. The van der Waals surface area contributed by atoms with Crippen LogP contribution in [-0.4, -0.2) is 13.1 Å². The molecule has 0 unspecified atom stereocenters. The molecule has 3 aromatic carbocycles. The van der Waals surface area contributed by atoms with Gasteiger partial charge in [0, 0.05) is 24.5 Å². The monoisotopic (exact) mass is 320 g/mol. The van der Waals surface area contributed by atoms with Crippen LogP contribution in [0.1, 0.15) is 39.5 Å². The van der Waals surface area contributed by atoms with E-state index in [1.54, 1.807) is 0 Å². The largest absolute Gasteiger partial charge is 0.399 e. The fourth-order valence-corrected chi connectivity index (χ4v) is 3.27. The molecule has 0 heterocycles. The number of nitrogens with zero attached hydrogens (tertiary/aromatic N) is 1. The smallest absolute Gasteiger partial charge is 0.0372 e. The van der Waals surface area contributed by atoms with Crippen LogP contribution >= 0.6 is 0 Å². The van der Waals surface area contributed by atoms with E-state index >= 15 is 0 Å². The second kappa shape index (κ2) is 7.57. The maximum absolute atomic E-state index is 5.92. The summed E-state index contributed by atoms with van der Waals surface area (Å²) < 4.78 is 0. The normalized spacial score (nSPS) is 11.2. The van der Waals surface area contributed by atoms with Crippen LogP contribution in [0.5, 0.6) is 0 Å². The molecule has 0 aliphatic heterocycles. The van der Waals surface area contributed by atoms with E-state index in [0.717, 1.165) is 18.8 Å². The van der Waals surface area contributed by atoms with Crippen LogP contribution in [0.25, 0.3) is 21.5 Å². The van der Waals surface area contributed by atoms with Gasteiger partial charge in [0.2, 0.25) is 0 Å². The van der Waals surface area contributed by atoms with E-state index in [0.29, 0.717) is 0 Å². The molecule has 0 amide bonds. The number of benzene rings is 3. The molecular weight excluding hydrogens is 292 g/mol. The minimum Gasteiger partial charge on any atom is -0.399 e. The average molecular weight is 320 g/mol. The molecule has 0 fully saturated rings. The molecule has 126 valence electrons. The molecule has 0 radical (unpaired) electrons. The predicted molar refractivity (Wildman–Crippen MR) is 108 cm³/mol. The van der Waals surface area contributed by atoms with Gasteiger partial charge in [-0.1, -0.05) is 38.8 Å². The summed E-state index contributed by atoms with van der Waals surface area (Å²) >= 11 is 0. The third-order valence-electron chi connectivity index (χ3n) is 4.73. The highest BCUT2D eigenvalue weighted by atomic mass is 15.1. The quantitative estimate of drug-likeness (QED) is 0.428. The summed E-state index contributed by atoms with van der Waals surface area (Å²) in [5, 5.41) is 5.05. The van der Waals surface area contributed by atoms with Crippen molar-refractivity contribution in [1.82, 2.24) is 0 Å². The standard InChI is InChI=1S/C22H28N2/c1-3-5-11-24(12-6-4-2)22-10-8-18-13-19-15-21(23)9-7-17(19)14-20(18)16-22/h7-10,13-16H,3-6,11-12,23H2,1-2H3. The number of anilines is 2. The van der Waals surface area contributed by atoms with Gasteiger partial charge in [0.05, 0.1) is 0 Å². The van der Waals surface area contributed by atoms with Crippen molar-refractivity contribution in [2.75, 3.05) is 23.7 Å². The first-order valence-corrected chi connectivity index (χ1v) is 9.19. The van der Waals surface area contributed by atoms with Crippen molar-refractivity contribution >= 4 is 32.9 Å². The summed E-state index contributed by atoms with van der Waals surface area (Å²) in [6.45, 7) is 6.81. The highest BCUT2D eigenvalue weighted by Crippen LogP contribution is 2.28. The molecular formula is C22H28N2. The fourth-order valence-electron chi connectivity index (χ4n) is 3.27. The Morgan fingerprint density at radius 2 is 1.29 bits per heavy atom. The van der Waals surface area contributed by atoms with Gasteiger partial charge in [-0.2, -0.15) is 0 Å².